The van der Waals surface area contributed by atoms with Gasteiger partial charge < -0.3 is 54.7 Å². The molecule has 8 rings (SSSR count). The Labute approximate surface area is 472 Å². The van der Waals surface area contributed by atoms with Crippen molar-refractivity contribution in [2.24, 2.45) is 5.41 Å². The number of aryl methyl sites for hydroxylation is 1. The maximum atomic E-state index is 14.9. The van der Waals surface area contributed by atoms with Gasteiger partial charge in [0.1, 0.15) is 42.6 Å². The molecule has 6 aromatic rings. The number of benzene rings is 3. The summed E-state index contributed by atoms with van der Waals surface area (Å²) in [6, 6.07) is 20.7. The number of carbonyl (C=O) groups excluding carboxylic acids is 5. The van der Waals surface area contributed by atoms with Gasteiger partial charge in [-0.2, -0.15) is 5.26 Å². The quantitative estimate of drug-likeness (QED) is 0.0619. The molecule has 5 heterocycles. The average molecular weight is 1130 g/mol. The first-order valence-electron chi connectivity index (χ1n) is 26.3. The second-order valence-corrected chi connectivity index (χ2v) is 21.2. The van der Waals surface area contributed by atoms with Crippen molar-refractivity contribution in [3.05, 3.63) is 125 Å². The number of carbonyl (C=O) groups is 5. The molecule has 5 amide bonds. The zero-order valence-electron chi connectivity index (χ0n) is 45.6. The Morgan fingerprint density at radius 2 is 1.63 bits per heavy atom. The molecule has 0 unspecified atom stereocenters. The number of halogens is 1. The molecule has 3 atom stereocenters. The van der Waals surface area contributed by atoms with E-state index in [9.17, 15) is 38.7 Å². The average Bonchev–Trinajstić information content (AvgIpc) is 4.21. The van der Waals surface area contributed by atoms with Gasteiger partial charge in [0.05, 0.1) is 84.3 Å². The number of hydrogen-bond acceptors (Lipinski definition) is 17. The van der Waals surface area contributed by atoms with Gasteiger partial charge in [-0.05, 0) is 65.4 Å². The largest absolute Gasteiger partial charge is 0.496 e. The summed E-state index contributed by atoms with van der Waals surface area (Å²) in [5, 5.41) is 29.1. The van der Waals surface area contributed by atoms with E-state index in [1.807, 2.05) is 42.2 Å². The molecule has 0 radical (unpaired) electrons. The smallest absolute Gasteiger partial charge is 0.274 e. The van der Waals surface area contributed by atoms with Crippen molar-refractivity contribution in [3.8, 4) is 44.8 Å². The molecule has 2 saturated heterocycles. The van der Waals surface area contributed by atoms with Gasteiger partial charge in [0.25, 0.3) is 5.91 Å². The number of anilines is 2. The summed E-state index contributed by atoms with van der Waals surface area (Å²) in [6.45, 7) is 8.89. The van der Waals surface area contributed by atoms with Crippen molar-refractivity contribution in [2.45, 2.75) is 58.8 Å². The van der Waals surface area contributed by atoms with E-state index in [1.54, 1.807) is 73.0 Å². The number of aromatic nitrogens is 4. The van der Waals surface area contributed by atoms with Crippen LogP contribution in [-0.2, 0) is 39.9 Å². The fourth-order valence-electron chi connectivity index (χ4n) is 9.41. The molecule has 0 saturated carbocycles. The van der Waals surface area contributed by atoms with E-state index in [0.717, 1.165) is 21.7 Å². The maximum absolute atomic E-state index is 14.9. The molecule has 23 heteroatoms. The fraction of sp³-hybridized carbons (Fsp3) is 0.379. The Bertz CT molecular complexity index is 3250. The first-order chi connectivity index (χ1) is 39.0. The highest BCUT2D eigenvalue weighted by molar-refractivity contribution is 7.13. The lowest BCUT2D eigenvalue weighted by Crippen LogP contribution is -2.58. The minimum atomic E-state index is -1.02. The number of nitrogens with zero attached hydrogens (tertiary/aromatic N) is 8. The number of methoxy groups -OCH3 is 1. The number of nitriles is 1. The summed E-state index contributed by atoms with van der Waals surface area (Å²) in [4.78, 5) is 90.9. The molecule has 81 heavy (non-hydrogen) atoms. The van der Waals surface area contributed by atoms with E-state index in [-0.39, 0.29) is 87.9 Å². The number of pyridine rings is 1. The lowest BCUT2D eigenvalue weighted by Gasteiger charge is -2.37. The monoisotopic (exact) mass is 1130 g/mol. The van der Waals surface area contributed by atoms with Gasteiger partial charge in [0.15, 0.2) is 5.82 Å². The van der Waals surface area contributed by atoms with Gasteiger partial charge in [-0.3, -0.25) is 29.0 Å². The van der Waals surface area contributed by atoms with Gasteiger partial charge in [-0.15, -0.1) is 11.3 Å². The van der Waals surface area contributed by atoms with Crippen molar-refractivity contribution in [1.82, 2.24) is 40.4 Å². The van der Waals surface area contributed by atoms with Gasteiger partial charge in [-0.25, -0.2) is 19.3 Å². The van der Waals surface area contributed by atoms with Crippen LogP contribution in [0.5, 0.6) is 5.75 Å². The first kappa shape index (κ1) is 58.9. The minimum absolute atomic E-state index is 0.0135. The highest BCUT2D eigenvalue weighted by atomic mass is 32.1. The summed E-state index contributed by atoms with van der Waals surface area (Å²) in [7, 11) is 1.40. The Morgan fingerprint density at radius 3 is 2.33 bits per heavy atom. The molecular formula is C58H64FN11O10S. The summed E-state index contributed by atoms with van der Waals surface area (Å²) < 4.78 is 37.1. The van der Waals surface area contributed by atoms with Crippen LogP contribution in [0.25, 0.3) is 33.0 Å². The third kappa shape index (κ3) is 15.0. The van der Waals surface area contributed by atoms with Crippen LogP contribution in [0.4, 0.5) is 15.8 Å². The number of β-amino-alcohol motifs (C(OH)–C–C–N with tert-alkyl or cyclic N) is 1. The molecular weight excluding hydrogens is 1060 g/mol. The molecule has 2 aliphatic heterocycles. The van der Waals surface area contributed by atoms with Crippen LogP contribution in [0.2, 0.25) is 0 Å². The lowest BCUT2D eigenvalue weighted by atomic mass is 9.85. The SMILES string of the molecule is COc1cccc(F)c1-c1nccc(C(=O)Nc2ccc(-c3cnccc3C#N)cc2N2CCN(C(=O)COCCOCCOCC(=O)N[C@H](C(=O)N3C[C@H](O)C[C@H]3C(=O)NCc3ccc(-c4scnc4C)cc3)C(C)(C)C)CC2)n1. The van der Waals surface area contributed by atoms with Crippen LogP contribution in [0.1, 0.15) is 54.5 Å². The van der Waals surface area contributed by atoms with Crippen LogP contribution in [-0.4, -0.2) is 162 Å². The molecule has 21 nitrogen and oxygen atoms in total. The van der Waals surface area contributed by atoms with Gasteiger partial charge >= 0.3 is 0 Å². The summed E-state index contributed by atoms with van der Waals surface area (Å²) >= 11 is 1.56. The molecule has 2 aliphatic rings. The first-order valence-corrected chi connectivity index (χ1v) is 27.2. The van der Waals surface area contributed by atoms with E-state index >= 15 is 0 Å². The number of likely N-dealkylation sites (tertiary alicyclic amines) is 1. The van der Waals surface area contributed by atoms with Gasteiger partial charge in [-0.1, -0.05) is 57.2 Å². The molecule has 0 aliphatic carbocycles. The van der Waals surface area contributed by atoms with Crippen LogP contribution < -0.4 is 25.6 Å². The summed E-state index contributed by atoms with van der Waals surface area (Å²) in [5.74, 6) is -2.67. The zero-order valence-corrected chi connectivity index (χ0v) is 46.5. The second-order valence-electron chi connectivity index (χ2n) is 20.3. The topological polar surface area (TPSA) is 264 Å². The number of aliphatic hydroxyl groups excluding tert-OH is 1. The standard InChI is InChI=1S/C58H64FN11O10S/c1-36-52(81-35-64-36)38-11-9-37(10-12-38)30-63-56(75)47-28-41(71)32-70(47)57(76)53(58(2,3)4)67-49(72)33-79-25-23-78-24-26-80-34-50(73)69-21-19-68(20-22-69)46-27-39(42-31-61-17-15-40(42)29-60)13-14-44(46)66-55(74)45-16-18-62-54(65-45)51-43(59)7-6-8-48(51)77-5/h6-18,27,31,35,41,47,53,71H,19-26,28,30,32-34H2,1-5H3,(H,63,75)(H,66,74)(H,67,72)/t41-,47+,53-/m1/s1. The number of nitrogens with one attached hydrogen (secondary N) is 3. The molecule has 0 bridgehead atoms. The van der Waals surface area contributed by atoms with Crippen molar-refractivity contribution in [3.63, 3.8) is 0 Å². The molecule has 424 valence electrons. The Balaban J connectivity index is 0.761. The normalized spacial score (nSPS) is 15.7. The van der Waals surface area contributed by atoms with Gasteiger partial charge in [0.2, 0.25) is 23.6 Å². The second kappa shape index (κ2) is 27.3. The van der Waals surface area contributed by atoms with Crippen molar-refractivity contribution in [1.29, 1.82) is 5.26 Å². The predicted octanol–water partition coefficient (Wildman–Crippen LogP) is 5.42. The van der Waals surface area contributed by atoms with E-state index < -0.39 is 53.0 Å². The molecule has 0 spiro atoms. The van der Waals surface area contributed by atoms with Crippen molar-refractivity contribution >= 4 is 52.2 Å². The van der Waals surface area contributed by atoms with E-state index in [1.165, 1.54) is 42.6 Å². The van der Waals surface area contributed by atoms with Crippen LogP contribution in [0.15, 0.2) is 96.9 Å². The van der Waals surface area contributed by atoms with Crippen LogP contribution >= 0.6 is 11.3 Å². The molecule has 3 aromatic carbocycles. The molecule has 3 aromatic heterocycles. The highest BCUT2D eigenvalue weighted by Gasteiger charge is 2.44. The number of piperazine rings is 1. The Hall–Kier alpha value is -8.27. The number of aliphatic hydroxyl groups is 1. The number of amides is 5. The number of hydrogen-bond donors (Lipinski definition) is 4. The van der Waals surface area contributed by atoms with Crippen LogP contribution in [0.3, 0.4) is 0 Å². The summed E-state index contributed by atoms with van der Waals surface area (Å²) in [5.41, 5.74) is 6.64. The lowest BCUT2D eigenvalue weighted by molar-refractivity contribution is -0.144. The molecule has 4 N–H and O–H groups in total. The third-order valence-corrected chi connectivity index (χ3v) is 14.7. The fourth-order valence-corrected chi connectivity index (χ4v) is 10.2. The Kier molecular flexibility index (Phi) is 19.8. The minimum Gasteiger partial charge on any atom is -0.496 e. The Morgan fingerprint density at radius 1 is 0.901 bits per heavy atom. The predicted molar refractivity (Wildman–Crippen MR) is 299 cm³/mol. The summed E-state index contributed by atoms with van der Waals surface area (Å²) in [6.07, 6.45) is 3.65. The van der Waals surface area contributed by atoms with Gasteiger partial charge in [0, 0.05) is 69.8 Å². The zero-order chi connectivity index (χ0) is 57.6. The van der Waals surface area contributed by atoms with Crippen LogP contribution in [0, 0.1) is 29.5 Å². The number of rotatable bonds is 22. The number of ether oxygens (including phenoxy) is 4. The van der Waals surface area contributed by atoms with E-state index in [2.05, 4.69) is 42.0 Å². The van der Waals surface area contributed by atoms with E-state index in [0.29, 0.717) is 54.2 Å². The van der Waals surface area contributed by atoms with Crippen molar-refractivity contribution in [2.75, 3.05) is 89.7 Å². The highest BCUT2D eigenvalue weighted by Crippen LogP contribution is 2.35. The maximum Gasteiger partial charge on any atom is 0.274 e. The molecule has 2 fully saturated rings. The third-order valence-electron chi connectivity index (χ3n) is 13.7. The number of thiazole rings is 1. The van der Waals surface area contributed by atoms with Crippen molar-refractivity contribution < 1.29 is 52.4 Å². The van der Waals surface area contributed by atoms with E-state index in [4.69, 9.17) is 18.9 Å².